The molecule has 0 aliphatic carbocycles. The number of amides is 1. The number of ether oxygens (including phenoxy) is 3. The van der Waals surface area contributed by atoms with Gasteiger partial charge in [-0.3, -0.25) is 4.79 Å². The van der Waals surface area contributed by atoms with E-state index >= 15 is 0 Å². The minimum atomic E-state index is -0.0616. The molecular formula is C17H27NO4. The third-order valence-corrected chi connectivity index (χ3v) is 3.43. The van der Waals surface area contributed by atoms with Gasteiger partial charge in [0.1, 0.15) is 5.75 Å². The second-order valence-corrected chi connectivity index (χ2v) is 5.38. The normalized spacial score (nSPS) is 10.6. The second kappa shape index (κ2) is 9.43. The number of hydrogen-bond acceptors (Lipinski definition) is 4. The molecule has 124 valence electrons. The minimum absolute atomic E-state index is 0.0260. The molecule has 0 heterocycles. The van der Waals surface area contributed by atoms with E-state index in [1.807, 2.05) is 20.8 Å². The highest BCUT2D eigenvalue weighted by atomic mass is 16.5. The van der Waals surface area contributed by atoms with Crippen molar-refractivity contribution in [3.63, 3.8) is 0 Å². The average molecular weight is 309 g/mol. The molecular weight excluding hydrogens is 282 g/mol. The SMILES string of the molecule is COCCN(CCOC)C(=O)COc1c(C)cc(C)cc1C. The molecule has 5 heteroatoms. The van der Waals surface area contributed by atoms with Crippen LogP contribution >= 0.6 is 0 Å². The van der Waals surface area contributed by atoms with Gasteiger partial charge in [0.2, 0.25) is 0 Å². The fraction of sp³-hybridized carbons (Fsp3) is 0.588. The van der Waals surface area contributed by atoms with Gasteiger partial charge in [0.25, 0.3) is 5.91 Å². The Hall–Kier alpha value is -1.59. The van der Waals surface area contributed by atoms with Crippen LogP contribution in [0.3, 0.4) is 0 Å². The Morgan fingerprint density at radius 1 is 1.00 bits per heavy atom. The van der Waals surface area contributed by atoms with Gasteiger partial charge in [0, 0.05) is 27.3 Å². The molecule has 0 bridgehead atoms. The molecule has 0 radical (unpaired) electrons. The maximum absolute atomic E-state index is 12.3. The summed E-state index contributed by atoms with van der Waals surface area (Å²) in [6.45, 7) is 8.13. The maximum Gasteiger partial charge on any atom is 0.260 e. The summed E-state index contributed by atoms with van der Waals surface area (Å²) in [5.41, 5.74) is 3.28. The quantitative estimate of drug-likeness (QED) is 0.701. The summed E-state index contributed by atoms with van der Waals surface area (Å²) in [6.07, 6.45) is 0. The maximum atomic E-state index is 12.3. The van der Waals surface area contributed by atoms with E-state index in [2.05, 4.69) is 12.1 Å². The Kier molecular flexibility index (Phi) is 7.91. The predicted octanol–water partition coefficient (Wildman–Crippen LogP) is 2.11. The van der Waals surface area contributed by atoms with Crippen LogP contribution in [-0.2, 0) is 14.3 Å². The van der Waals surface area contributed by atoms with Crippen molar-refractivity contribution in [2.24, 2.45) is 0 Å². The first kappa shape index (κ1) is 18.5. The number of hydrogen-bond donors (Lipinski definition) is 0. The topological polar surface area (TPSA) is 48.0 Å². The Balaban J connectivity index is 2.65. The molecule has 0 aliphatic rings. The van der Waals surface area contributed by atoms with Gasteiger partial charge in [-0.25, -0.2) is 0 Å². The fourth-order valence-corrected chi connectivity index (χ4v) is 2.38. The molecule has 0 fully saturated rings. The standard InChI is InChI=1S/C17H27NO4/c1-13-10-14(2)17(15(3)11-13)22-12-16(19)18(6-8-20-4)7-9-21-5/h10-11H,6-9,12H2,1-5H3. The first-order chi connectivity index (χ1) is 10.5. The molecule has 1 aromatic carbocycles. The lowest BCUT2D eigenvalue weighted by Gasteiger charge is -2.22. The first-order valence-electron chi connectivity index (χ1n) is 7.46. The van der Waals surface area contributed by atoms with E-state index in [0.29, 0.717) is 26.3 Å². The van der Waals surface area contributed by atoms with E-state index < -0.39 is 0 Å². The zero-order valence-electron chi connectivity index (χ0n) is 14.3. The molecule has 1 aromatic rings. The van der Waals surface area contributed by atoms with Crippen LogP contribution < -0.4 is 4.74 Å². The van der Waals surface area contributed by atoms with Crippen LogP contribution in [0.2, 0.25) is 0 Å². The monoisotopic (exact) mass is 309 g/mol. The highest BCUT2D eigenvalue weighted by Crippen LogP contribution is 2.24. The van der Waals surface area contributed by atoms with Crippen molar-refractivity contribution in [1.29, 1.82) is 0 Å². The van der Waals surface area contributed by atoms with Crippen LogP contribution in [0.4, 0.5) is 0 Å². The zero-order chi connectivity index (χ0) is 16.5. The smallest absolute Gasteiger partial charge is 0.260 e. The molecule has 1 rings (SSSR count). The molecule has 1 amide bonds. The number of aryl methyl sites for hydroxylation is 3. The van der Waals surface area contributed by atoms with Gasteiger partial charge in [0.05, 0.1) is 13.2 Å². The molecule has 0 spiro atoms. The lowest BCUT2D eigenvalue weighted by molar-refractivity contribution is -0.134. The largest absolute Gasteiger partial charge is 0.483 e. The number of nitrogens with zero attached hydrogens (tertiary/aromatic N) is 1. The van der Waals surface area contributed by atoms with Crippen molar-refractivity contribution in [2.75, 3.05) is 47.1 Å². The number of benzene rings is 1. The summed E-state index contributed by atoms with van der Waals surface area (Å²) in [5.74, 6) is 0.728. The number of methoxy groups -OCH3 is 2. The average Bonchev–Trinajstić information content (AvgIpc) is 2.46. The van der Waals surface area contributed by atoms with Crippen LogP contribution in [0.25, 0.3) is 0 Å². The lowest BCUT2D eigenvalue weighted by atomic mass is 10.1. The van der Waals surface area contributed by atoms with E-state index in [-0.39, 0.29) is 12.5 Å². The van der Waals surface area contributed by atoms with E-state index in [4.69, 9.17) is 14.2 Å². The second-order valence-electron chi connectivity index (χ2n) is 5.38. The van der Waals surface area contributed by atoms with Crippen LogP contribution in [0, 0.1) is 20.8 Å². The van der Waals surface area contributed by atoms with Gasteiger partial charge in [-0.05, 0) is 31.9 Å². The molecule has 0 saturated carbocycles. The molecule has 0 atom stereocenters. The van der Waals surface area contributed by atoms with Crippen molar-refractivity contribution >= 4 is 5.91 Å². The number of carbonyl (C=O) groups excluding carboxylic acids is 1. The summed E-state index contributed by atoms with van der Waals surface area (Å²) < 4.78 is 15.8. The molecule has 0 aromatic heterocycles. The molecule has 22 heavy (non-hydrogen) atoms. The lowest BCUT2D eigenvalue weighted by Crippen LogP contribution is -2.39. The Labute approximate surface area is 133 Å². The minimum Gasteiger partial charge on any atom is -0.483 e. The van der Waals surface area contributed by atoms with Crippen LogP contribution in [-0.4, -0.2) is 57.9 Å². The Morgan fingerprint density at radius 2 is 1.50 bits per heavy atom. The summed E-state index contributed by atoms with van der Waals surface area (Å²) in [5, 5.41) is 0. The molecule has 5 nitrogen and oxygen atoms in total. The zero-order valence-corrected chi connectivity index (χ0v) is 14.3. The summed E-state index contributed by atoms with van der Waals surface area (Å²) in [7, 11) is 3.24. The van der Waals surface area contributed by atoms with Crippen molar-refractivity contribution in [1.82, 2.24) is 4.90 Å². The Bertz CT molecular complexity index is 457. The van der Waals surface area contributed by atoms with Crippen molar-refractivity contribution in [2.45, 2.75) is 20.8 Å². The van der Waals surface area contributed by atoms with E-state index in [0.717, 1.165) is 16.9 Å². The predicted molar refractivity (Wildman–Crippen MR) is 86.5 cm³/mol. The van der Waals surface area contributed by atoms with Crippen molar-refractivity contribution < 1.29 is 19.0 Å². The Morgan fingerprint density at radius 3 is 1.95 bits per heavy atom. The van der Waals surface area contributed by atoms with E-state index in [1.54, 1.807) is 19.1 Å². The molecule has 0 saturated heterocycles. The first-order valence-corrected chi connectivity index (χ1v) is 7.46. The molecule has 0 N–H and O–H groups in total. The van der Waals surface area contributed by atoms with Crippen molar-refractivity contribution in [3.8, 4) is 5.75 Å². The van der Waals surface area contributed by atoms with Gasteiger partial charge in [-0.2, -0.15) is 0 Å². The van der Waals surface area contributed by atoms with E-state index in [1.165, 1.54) is 5.56 Å². The highest BCUT2D eigenvalue weighted by molar-refractivity contribution is 5.77. The highest BCUT2D eigenvalue weighted by Gasteiger charge is 2.15. The summed E-state index contributed by atoms with van der Waals surface area (Å²) in [6, 6.07) is 4.11. The van der Waals surface area contributed by atoms with Gasteiger partial charge in [-0.1, -0.05) is 17.7 Å². The van der Waals surface area contributed by atoms with Gasteiger partial charge < -0.3 is 19.1 Å². The van der Waals surface area contributed by atoms with Gasteiger partial charge >= 0.3 is 0 Å². The number of carbonyl (C=O) groups is 1. The molecule has 0 unspecified atom stereocenters. The van der Waals surface area contributed by atoms with Crippen LogP contribution in [0.15, 0.2) is 12.1 Å². The fourth-order valence-electron chi connectivity index (χ4n) is 2.38. The molecule has 0 aliphatic heterocycles. The van der Waals surface area contributed by atoms with Crippen LogP contribution in [0.5, 0.6) is 5.75 Å². The summed E-state index contributed by atoms with van der Waals surface area (Å²) in [4.78, 5) is 14.0. The summed E-state index contributed by atoms with van der Waals surface area (Å²) >= 11 is 0. The van der Waals surface area contributed by atoms with E-state index in [9.17, 15) is 4.79 Å². The third-order valence-electron chi connectivity index (χ3n) is 3.43. The number of rotatable bonds is 9. The van der Waals surface area contributed by atoms with Gasteiger partial charge in [0.15, 0.2) is 6.61 Å². The van der Waals surface area contributed by atoms with Crippen molar-refractivity contribution in [3.05, 3.63) is 28.8 Å². The van der Waals surface area contributed by atoms with Crippen LogP contribution in [0.1, 0.15) is 16.7 Å². The van der Waals surface area contributed by atoms with Gasteiger partial charge in [-0.15, -0.1) is 0 Å². The third kappa shape index (κ3) is 5.66.